The van der Waals surface area contributed by atoms with E-state index in [0.29, 0.717) is 36.7 Å². The molecule has 0 radical (unpaired) electrons. The minimum Gasteiger partial charge on any atom is -0.478 e. The second kappa shape index (κ2) is 10.4. The van der Waals surface area contributed by atoms with Gasteiger partial charge in [0, 0.05) is 17.8 Å². The van der Waals surface area contributed by atoms with Gasteiger partial charge in [0.25, 0.3) is 0 Å². The van der Waals surface area contributed by atoms with E-state index in [-0.39, 0.29) is 24.5 Å². The van der Waals surface area contributed by atoms with Crippen LogP contribution < -0.4 is 5.32 Å². The number of pyridine rings is 1. The van der Waals surface area contributed by atoms with Crippen molar-refractivity contribution >= 4 is 17.3 Å². The van der Waals surface area contributed by atoms with E-state index in [2.05, 4.69) is 20.5 Å². The van der Waals surface area contributed by atoms with Crippen LogP contribution in [0.25, 0.3) is 0 Å². The fourth-order valence-electron chi connectivity index (χ4n) is 3.40. The number of halogens is 1. The topological polar surface area (TPSA) is 113 Å². The smallest absolute Gasteiger partial charge is 0.335 e. The summed E-state index contributed by atoms with van der Waals surface area (Å²) in [6, 6.07) is 13.2. The third kappa shape index (κ3) is 5.86. The van der Waals surface area contributed by atoms with Crippen LogP contribution in [0.5, 0.6) is 0 Å². The van der Waals surface area contributed by atoms with E-state index >= 15 is 0 Å². The molecule has 0 saturated heterocycles. The molecule has 0 atom stereocenters. The van der Waals surface area contributed by atoms with E-state index in [4.69, 9.17) is 0 Å². The van der Waals surface area contributed by atoms with Gasteiger partial charge in [0.15, 0.2) is 0 Å². The lowest BCUT2D eigenvalue weighted by Crippen LogP contribution is -2.19. The van der Waals surface area contributed by atoms with Gasteiger partial charge in [-0.15, -0.1) is 21.5 Å². The minimum atomic E-state index is -1.08. The molecule has 4 rings (SSSR count). The van der Waals surface area contributed by atoms with Crippen molar-refractivity contribution in [1.82, 2.24) is 25.1 Å². The first kappa shape index (κ1) is 22.7. The van der Waals surface area contributed by atoms with Crippen molar-refractivity contribution < 1.29 is 19.4 Å². The molecule has 0 aliphatic carbocycles. The molecule has 8 nitrogen and oxygen atoms in total. The number of hydrogen-bond donors (Lipinski definition) is 3. The number of carboxylic acid groups (broad SMARTS) is 1. The molecule has 3 N–H and O–H groups in total. The molecule has 0 unspecified atom stereocenters. The molecule has 1 aromatic carbocycles. The predicted octanol–water partition coefficient (Wildman–Crippen LogP) is 2.99. The highest BCUT2D eigenvalue weighted by Gasteiger charge is 2.14. The van der Waals surface area contributed by atoms with E-state index in [1.54, 1.807) is 23.5 Å². The second-order valence-corrected chi connectivity index (χ2v) is 8.44. The van der Waals surface area contributed by atoms with Crippen LogP contribution >= 0.6 is 11.3 Å². The third-order valence-corrected chi connectivity index (χ3v) is 5.88. The van der Waals surface area contributed by atoms with Crippen LogP contribution in [0.4, 0.5) is 4.39 Å². The molecule has 0 bridgehead atoms. The van der Waals surface area contributed by atoms with Gasteiger partial charge in [-0.05, 0) is 41.3 Å². The highest BCUT2D eigenvalue weighted by molar-refractivity contribution is 7.09. The first-order valence-corrected chi connectivity index (χ1v) is 11.1. The number of rotatable bonds is 10. The number of aliphatic hydroxyl groups excluding tert-OH is 1. The average Bonchev–Trinajstić information content (AvgIpc) is 3.46. The summed E-state index contributed by atoms with van der Waals surface area (Å²) in [5.74, 6) is 0.127. The Kier molecular flexibility index (Phi) is 7.18. The van der Waals surface area contributed by atoms with Gasteiger partial charge >= 0.3 is 5.97 Å². The molecule has 0 aliphatic heterocycles. The number of aromatic carboxylic acids is 1. The number of hydrogen-bond acceptors (Lipinski definition) is 7. The van der Waals surface area contributed by atoms with Crippen LogP contribution in [0.2, 0.25) is 0 Å². The zero-order valence-corrected chi connectivity index (χ0v) is 18.4. The molecule has 0 spiro atoms. The molecule has 10 heteroatoms. The Morgan fingerprint density at radius 2 is 1.82 bits per heavy atom. The zero-order valence-electron chi connectivity index (χ0n) is 17.6. The van der Waals surface area contributed by atoms with Gasteiger partial charge in [0.1, 0.15) is 17.5 Å². The zero-order chi connectivity index (χ0) is 23.2. The van der Waals surface area contributed by atoms with Gasteiger partial charge in [-0.1, -0.05) is 18.2 Å². The van der Waals surface area contributed by atoms with E-state index < -0.39 is 5.97 Å². The first-order valence-electron chi connectivity index (χ1n) is 10.2. The number of carboxylic acids is 1. The fourth-order valence-corrected chi connectivity index (χ4v) is 4.11. The molecule has 3 aromatic heterocycles. The number of aliphatic hydroxyl groups is 1. The van der Waals surface area contributed by atoms with Crippen molar-refractivity contribution in [3.8, 4) is 0 Å². The second-order valence-electron chi connectivity index (χ2n) is 7.41. The number of nitrogens with one attached hydrogen (secondary N) is 1. The lowest BCUT2D eigenvalue weighted by molar-refractivity contribution is 0.0696. The summed E-state index contributed by atoms with van der Waals surface area (Å²) in [7, 11) is 0. The van der Waals surface area contributed by atoms with Gasteiger partial charge in [0.05, 0.1) is 36.6 Å². The predicted molar refractivity (Wildman–Crippen MR) is 120 cm³/mol. The summed E-state index contributed by atoms with van der Waals surface area (Å²) in [6.07, 6.45) is 0.633. The molecular weight excluding hydrogens is 445 g/mol. The Balaban J connectivity index is 1.52. The largest absolute Gasteiger partial charge is 0.478 e. The maximum Gasteiger partial charge on any atom is 0.335 e. The summed E-state index contributed by atoms with van der Waals surface area (Å²) >= 11 is 1.64. The summed E-state index contributed by atoms with van der Waals surface area (Å²) in [4.78, 5) is 16.7. The number of benzene rings is 1. The quantitative estimate of drug-likeness (QED) is 0.329. The SMILES string of the molecule is O=C(O)c1cc(CO)nc(CNCc2nnc(Cc3cccs3)n2Cc2ccc(F)cc2)c1. The van der Waals surface area contributed by atoms with E-state index in [0.717, 1.165) is 16.3 Å². The van der Waals surface area contributed by atoms with Crippen molar-refractivity contribution in [2.45, 2.75) is 32.7 Å². The Bertz CT molecular complexity index is 1230. The van der Waals surface area contributed by atoms with Crippen molar-refractivity contribution in [3.05, 3.63) is 98.8 Å². The molecule has 0 amide bonds. The lowest BCUT2D eigenvalue weighted by Gasteiger charge is -2.12. The van der Waals surface area contributed by atoms with Gasteiger partial charge in [0.2, 0.25) is 0 Å². The monoisotopic (exact) mass is 467 g/mol. The Morgan fingerprint density at radius 1 is 1.06 bits per heavy atom. The number of carbonyl (C=O) groups is 1. The summed E-state index contributed by atoms with van der Waals surface area (Å²) in [5, 5.41) is 32.6. The van der Waals surface area contributed by atoms with E-state index in [1.165, 1.54) is 24.3 Å². The summed E-state index contributed by atoms with van der Waals surface area (Å²) in [6.45, 7) is 0.808. The Morgan fingerprint density at radius 3 is 2.52 bits per heavy atom. The van der Waals surface area contributed by atoms with Gasteiger partial charge in [-0.2, -0.15) is 0 Å². The summed E-state index contributed by atoms with van der Waals surface area (Å²) < 4.78 is 15.3. The van der Waals surface area contributed by atoms with Crippen LogP contribution in [-0.4, -0.2) is 35.9 Å². The van der Waals surface area contributed by atoms with Crippen molar-refractivity contribution in [3.63, 3.8) is 0 Å². The van der Waals surface area contributed by atoms with Crippen molar-refractivity contribution in [2.75, 3.05) is 0 Å². The van der Waals surface area contributed by atoms with E-state index in [9.17, 15) is 19.4 Å². The number of nitrogens with zero attached hydrogens (tertiary/aromatic N) is 4. The lowest BCUT2D eigenvalue weighted by atomic mass is 10.2. The standard InChI is InChI=1S/C23H22FN5O3S/c24-17-5-3-15(4-6-17)13-29-21(10-20-2-1-7-33-20)27-28-22(29)12-25-11-18-8-16(23(31)32)9-19(14-30)26-18/h1-9,25,30H,10-14H2,(H,31,32). The number of aromatic nitrogens is 4. The normalized spacial score (nSPS) is 11.1. The molecule has 170 valence electrons. The third-order valence-electron chi connectivity index (χ3n) is 5.00. The molecule has 0 aliphatic rings. The van der Waals surface area contributed by atoms with Gasteiger partial charge in [-0.25, -0.2) is 9.18 Å². The average molecular weight is 468 g/mol. The van der Waals surface area contributed by atoms with Crippen LogP contribution in [0.3, 0.4) is 0 Å². The Labute approximate surface area is 193 Å². The number of thiophene rings is 1. The van der Waals surface area contributed by atoms with Crippen LogP contribution in [-0.2, 0) is 32.7 Å². The molecule has 0 fully saturated rings. The highest BCUT2D eigenvalue weighted by atomic mass is 32.1. The molecule has 0 saturated carbocycles. The molecule has 33 heavy (non-hydrogen) atoms. The van der Waals surface area contributed by atoms with Crippen molar-refractivity contribution in [2.24, 2.45) is 0 Å². The maximum absolute atomic E-state index is 13.3. The molecule has 4 aromatic rings. The Hall–Kier alpha value is -3.47. The first-order chi connectivity index (χ1) is 16.0. The van der Waals surface area contributed by atoms with Crippen molar-refractivity contribution in [1.29, 1.82) is 0 Å². The maximum atomic E-state index is 13.3. The van der Waals surface area contributed by atoms with Crippen LogP contribution in [0.15, 0.2) is 53.9 Å². The van der Waals surface area contributed by atoms with Crippen LogP contribution in [0.1, 0.15) is 43.8 Å². The summed E-state index contributed by atoms with van der Waals surface area (Å²) in [5.41, 5.74) is 1.80. The van der Waals surface area contributed by atoms with E-state index in [1.807, 2.05) is 22.1 Å². The fraction of sp³-hybridized carbons (Fsp3) is 0.217. The van der Waals surface area contributed by atoms with Gasteiger partial charge < -0.3 is 20.1 Å². The molecular formula is C23H22FN5O3S. The highest BCUT2D eigenvalue weighted by Crippen LogP contribution is 2.17. The molecule has 3 heterocycles. The van der Waals surface area contributed by atoms with Gasteiger partial charge in [-0.3, -0.25) is 4.98 Å². The van der Waals surface area contributed by atoms with Crippen LogP contribution in [0, 0.1) is 5.82 Å². The minimum absolute atomic E-state index is 0.0727.